The number of alkyl halides is 2. The Morgan fingerprint density at radius 1 is 1.24 bits per heavy atom. The van der Waals surface area contributed by atoms with Gasteiger partial charge in [0.25, 0.3) is 5.92 Å². The molecule has 2 N–H and O–H groups in total. The van der Waals surface area contributed by atoms with Gasteiger partial charge in [0.1, 0.15) is 0 Å². The molecule has 0 atom stereocenters. The number of hydrogen-bond acceptors (Lipinski definition) is 4. The van der Waals surface area contributed by atoms with E-state index < -0.39 is 5.92 Å². The summed E-state index contributed by atoms with van der Waals surface area (Å²) in [7, 11) is 1.91. The third kappa shape index (κ3) is 5.76. The molecule has 1 aliphatic rings. The third-order valence-corrected chi connectivity index (χ3v) is 5.05. The van der Waals surface area contributed by atoms with Crippen LogP contribution < -0.4 is 10.6 Å². The second-order valence-corrected chi connectivity index (χ2v) is 8.10. The summed E-state index contributed by atoms with van der Waals surface area (Å²) in [6.45, 7) is 9.05. The Balaban J connectivity index is 1.79. The van der Waals surface area contributed by atoms with Crippen LogP contribution in [-0.4, -0.2) is 42.0 Å². The molecule has 6 heteroatoms. The summed E-state index contributed by atoms with van der Waals surface area (Å²) in [6, 6.07) is 8.63. The summed E-state index contributed by atoms with van der Waals surface area (Å²) in [5.41, 5.74) is 6.16. The lowest BCUT2D eigenvalue weighted by molar-refractivity contribution is 0.0115. The average molecular weight is 401 g/mol. The number of rotatable bonds is 8. The second-order valence-electron chi connectivity index (χ2n) is 8.10. The number of aromatic nitrogens is 1. The first-order valence-electron chi connectivity index (χ1n) is 10.1. The minimum Gasteiger partial charge on any atom is -0.388 e. The number of nitrogens with zero attached hydrogens (tertiary/aromatic N) is 2. The smallest absolute Gasteiger partial charge is 0.261 e. The van der Waals surface area contributed by atoms with E-state index in [1.807, 2.05) is 19.3 Å². The van der Waals surface area contributed by atoms with Crippen molar-refractivity contribution in [3.8, 4) is 11.1 Å². The Morgan fingerprint density at radius 2 is 2.03 bits per heavy atom. The number of benzene rings is 1. The fourth-order valence-corrected chi connectivity index (χ4v) is 3.78. The normalized spacial score (nSPS) is 16.2. The zero-order valence-electron chi connectivity index (χ0n) is 17.4. The van der Waals surface area contributed by atoms with Gasteiger partial charge in [0, 0.05) is 68.4 Å². The van der Waals surface area contributed by atoms with E-state index in [-0.39, 0.29) is 13.0 Å². The Kier molecular flexibility index (Phi) is 6.52. The molecule has 1 aromatic carbocycles. The molecule has 0 spiro atoms. The van der Waals surface area contributed by atoms with Gasteiger partial charge < -0.3 is 10.6 Å². The highest BCUT2D eigenvalue weighted by molar-refractivity contribution is 5.68. The van der Waals surface area contributed by atoms with Crippen molar-refractivity contribution in [3.63, 3.8) is 0 Å². The lowest BCUT2D eigenvalue weighted by atomic mass is 9.99. The molecule has 29 heavy (non-hydrogen) atoms. The number of hydrogen-bond donors (Lipinski definition) is 2. The highest BCUT2D eigenvalue weighted by Crippen LogP contribution is 2.29. The van der Waals surface area contributed by atoms with E-state index in [0.717, 1.165) is 40.1 Å². The summed E-state index contributed by atoms with van der Waals surface area (Å²) in [5, 5.41) is 6.59. The van der Waals surface area contributed by atoms with Crippen molar-refractivity contribution >= 4 is 5.69 Å². The van der Waals surface area contributed by atoms with E-state index in [2.05, 4.69) is 54.2 Å². The number of likely N-dealkylation sites (tertiary alicyclic amines) is 1. The summed E-state index contributed by atoms with van der Waals surface area (Å²) < 4.78 is 26.9. The van der Waals surface area contributed by atoms with Crippen LogP contribution in [-0.2, 0) is 13.0 Å². The number of pyridine rings is 1. The summed E-state index contributed by atoms with van der Waals surface area (Å²) >= 11 is 0. The molecule has 2 heterocycles. The van der Waals surface area contributed by atoms with E-state index in [0.29, 0.717) is 19.1 Å². The van der Waals surface area contributed by atoms with Gasteiger partial charge in [-0.25, -0.2) is 8.78 Å². The van der Waals surface area contributed by atoms with Crippen molar-refractivity contribution < 1.29 is 8.78 Å². The van der Waals surface area contributed by atoms with Crippen LogP contribution in [0.4, 0.5) is 14.5 Å². The first-order chi connectivity index (χ1) is 13.8. The van der Waals surface area contributed by atoms with Crippen molar-refractivity contribution in [2.75, 3.05) is 25.5 Å². The molecule has 156 valence electrons. The van der Waals surface area contributed by atoms with E-state index >= 15 is 0 Å². The van der Waals surface area contributed by atoms with Crippen molar-refractivity contribution in [2.24, 2.45) is 0 Å². The standard InChI is InChI=1S/C23H30F2N4/c1-16(2)28-17(3)9-20-11-19(5-6-22(20)26-4)21-10-18(12-27-13-21)14-29-8-7-23(24,25)15-29/h5-6,10-13,16,26,28H,3,7-9,14-15H2,1-2,4H3. The Morgan fingerprint density at radius 3 is 2.69 bits per heavy atom. The van der Waals surface area contributed by atoms with E-state index in [1.54, 1.807) is 11.1 Å². The zero-order chi connectivity index (χ0) is 21.0. The Labute approximate surface area is 172 Å². The van der Waals surface area contributed by atoms with Gasteiger partial charge in [-0.1, -0.05) is 12.6 Å². The summed E-state index contributed by atoms with van der Waals surface area (Å²) in [5.74, 6) is -2.57. The van der Waals surface area contributed by atoms with Crippen LogP contribution in [0, 0.1) is 0 Å². The molecule has 1 aromatic heterocycles. The largest absolute Gasteiger partial charge is 0.388 e. The van der Waals surface area contributed by atoms with Crippen LogP contribution in [0.25, 0.3) is 11.1 Å². The van der Waals surface area contributed by atoms with Crippen LogP contribution in [0.5, 0.6) is 0 Å². The highest BCUT2D eigenvalue weighted by atomic mass is 19.3. The quantitative estimate of drug-likeness (QED) is 0.675. The van der Waals surface area contributed by atoms with Crippen LogP contribution in [0.1, 0.15) is 31.4 Å². The highest BCUT2D eigenvalue weighted by Gasteiger charge is 2.37. The molecule has 0 unspecified atom stereocenters. The number of halogens is 2. The molecular formula is C23H30F2N4. The molecule has 0 saturated carbocycles. The van der Waals surface area contributed by atoms with Gasteiger partial charge in [0.15, 0.2) is 0 Å². The monoisotopic (exact) mass is 400 g/mol. The molecule has 0 amide bonds. The van der Waals surface area contributed by atoms with E-state index in [9.17, 15) is 8.78 Å². The predicted octanol–water partition coefficient (Wildman–Crippen LogP) is 4.69. The summed E-state index contributed by atoms with van der Waals surface area (Å²) in [4.78, 5) is 6.14. The first kappa shape index (κ1) is 21.2. The van der Waals surface area contributed by atoms with Crippen LogP contribution >= 0.6 is 0 Å². The van der Waals surface area contributed by atoms with E-state index in [4.69, 9.17) is 0 Å². The lowest BCUT2D eigenvalue weighted by Crippen LogP contribution is -2.24. The molecule has 1 aliphatic heterocycles. The Hall–Kier alpha value is -2.47. The molecule has 1 saturated heterocycles. The van der Waals surface area contributed by atoms with Crippen molar-refractivity contribution in [1.82, 2.24) is 15.2 Å². The lowest BCUT2D eigenvalue weighted by Gasteiger charge is -2.17. The fourth-order valence-electron chi connectivity index (χ4n) is 3.78. The number of allylic oxidation sites excluding steroid dienone is 1. The number of anilines is 1. The van der Waals surface area contributed by atoms with Crippen molar-refractivity contribution in [2.45, 2.75) is 45.2 Å². The van der Waals surface area contributed by atoms with Gasteiger partial charge in [-0.15, -0.1) is 0 Å². The van der Waals surface area contributed by atoms with E-state index in [1.165, 1.54) is 0 Å². The maximum atomic E-state index is 13.5. The molecule has 0 aliphatic carbocycles. The zero-order valence-corrected chi connectivity index (χ0v) is 17.4. The van der Waals surface area contributed by atoms with Crippen molar-refractivity contribution in [3.05, 3.63) is 60.1 Å². The third-order valence-electron chi connectivity index (χ3n) is 5.05. The topological polar surface area (TPSA) is 40.2 Å². The molecular weight excluding hydrogens is 370 g/mol. The van der Waals surface area contributed by atoms with Gasteiger partial charge >= 0.3 is 0 Å². The maximum absolute atomic E-state index is 13.5. The van der Waals surface area contributed by atoms with Gasteiger partial charge in [0.2, 0.25) is 0 Å². The molecule has 1 fully saturated rings. The Bertz CT molecular complexity index is 864. The second kappa shape index (κ2) is 8.91. The molecule has 4 nitrogen and oxygen atoms in total. The van der Waals surface area contributed by atoms with Crippen LogP contribution in [0.2, 0.25) is 0 Å². The SMILES string of the molecule is C=C(Cc1cc(-c2cncc(CN3CCC(F)(F)C3)c2)ccc1NC)NC(C)C. The fraction of sp³-hybridized carbons (Fsp3) is 0.435. The first-order valence-corrected chi connectivity index (χ1v) is 10.1. The van der Waals surface area contributed by atoms with Gasteiger partial charge in [0.05, 0.1) is 6.54 Å². The molecule has 0 bridgehead atoms. The number of nitrogens with one attached hydrogen (secondary N) is 2. The maximum Gasteiger partial charge on any atom is 0.261 e. The van der Waals surface area contributed by atoms with Crippen LogP contribution in [0.15, 0.2) is 48.9 Å². The van der Waals surface area contributed by atoms with Gasteiger partial charge in [-0.3, -0.25) is 9.88 Å². The average Bonchev–Trinajstić information content (AvgIpc) is 2.99. The summed E-state index contributed by atoms with van der Waals surface area (Å²) in [6.07, 6.45) is 4.24. The molecule has 0 radical (unpaired) electrons. The predicted molar refractivity (Wildman–Crippen MR) is 115 cm³/mol. The van der Waals surface area contributed by atoms with Crippen molar-refractivity contribution in [1.29, 1.82) is 0 Å². The minimum absolute atomic E-state index is 0.0662. The molecule has 3 rings (SSSR count). The van der Waals surface area contributed by atoms with Gasteiger partial charge in [-0.2, -0.15) is 0 Å². The minimum atomic E-state index is -2.57. The van der Waals surface area contributed by atoms with Gasteiger partial charge in [-0.05, 0) is 48.7 Å². The van der Waals surface area contributed by atoms with Crippen LogP contribution in [0.3, 0.4) is 0 Å². The molecule has 2 aromatic rings.